The van der Waals surface area contributed by atoms with E-state index >= 15 is 0 Å². The van der Waals surface area contributed by atoms with Gasteiger partial charge < -0.3 is 5.32 Å². The predicted molar refractivity (Wildman–Crippen MR) is 72.4 cm³/mol. The zero-order chi connectivity index (χ0) is 15.1. The fraction of sp³-hybridized carbons (Fsp3) is 0.417. The third-order valence-electron chi connectivity index (χ3n) is 3.26. The van der Waals surface area contributed by atoms with Gasteiger partial charge in [0, 0.05) is 6.04 Å². The molecule has 1 atom stereocenters. The smallest absolute Gasteiger partial charge is 0.253 e. The van der Waals surface area contributed by atoms with E-state index in [0.29, 0.717) is 5.92 Å². The molecule has 0 aromatic heterocycles. The summed E-state index contributed by atoms with van der Waals surface area (Å²) in [4.78, 5) is 11.3. The van der Waals surface area contributed by atoms with E-state index in [0.717, 1.165) is 25.0 Å². The third kappa shape index (κ3) is 3.28. The fourth-order valence-corrected chi connectivity index (χ4v) is 2.77. The zero-order valence-corrected chi connectivity index (χ0v) is 12.3. The number of nitrogens with one attached hydrogen (secondary N) is 1. The fourth-order valence-electron chi connectivity index (χ4n) is 1.92. The van der Waals surface area contributed by atoms with Crippen LogP contribution in [0.15, 0.2) is 17.0 Å². The first-order valence-electron chi connectivity index (χ1n) is 6.03. The second-order valence-electron chi connectivity index (χ2n) is 4.91. The average molecular weight is 321 g/mol. The molecule has 1 aromatic carbocycles. The van der Waals surface area contributed by atoms with Gasteiger partial charge in [0.05, 0.1) is 10.6 Å². The number of carbonyl (C=O) groups is 1. The van der Waals surface area contributed by atoms with Gasteiger partial charge in [-0.2, -0.15) is 0 Å². The number of sulfonamides is 1. The van der Waals surface area contributed by atoms with E-state index in [9.17, 15) is 17.6 Å². The summed E-state index contributed by atoms with van der Waals surface area (Å²) in [7, 11) is -4.25. The molecule has 8 heteroatoms. The Bertz CT molecular complexity index is 659. The molecule has 0 saturated heterocycles. The molecular weight excluding hydrogens is 307 g/mol. The van der Waals surface area contributed by atoms with Gasteiger partial charge in [-0.15, -0.1) is 0 Å². The normalized spacial score (nSPS) is 16.8. The van der Waals surface area contributed by atoms with Crippen LogP contribution in [0.3, 0.4) is 0 Å². The van der Waals surface area contributed by atoms with E-state index < -0.39 is 26.6 Å². The first kappa shape index (κ1) is 15.2. The quantitative estimate of drug-likeness (QED) is 0.884. The van der Waals surface area contributed by atoms with Crippen LogP contribution in [0.5, 0.6) is 0 Å². The topological polar surface area (TPSA) is 89.3 Å². The molecule has 1 fully saturated rings. The van der Waals surface area contributed by atoms with Gasteiger partial charge in [0.2, 0.25) is 10.0 Å². The molecule has 1 aromatic rings. The number of primary sulfonamides is 1. The maximum atomic E-state index is 13.5. The molecule has 1 aliphatic rings. The van der Waals surface area contributed by atoms with Crippen molar-refractivity contribution in [2.45, 2.75) is 30.7 Å². The summed E-state index contributed by atoms with van der Waals surface area (Å²) in [6, 6.07) is 1.60. The Morgan fingerprint density at radius 1 is 1.50 bits per heavy atom. The number of rotatable bonds is 4. The SMILES string of the molecule is CC(NC(=O)c1cc(S(N)(=O)=O)c(F)cc1Cl)C1CC1. The summed E-state index contributed by atoms with van der Waals surface area (Å²) in [5.74, 6) is -1.19. The number of halogens is 2. The maximum absolute atomic E-state index is 13.5. The molecule has 3 N–H and O–H groups in total. The monoisotopic (exact) mass is 320 g/mol. The average Bonchev–Trinajstić information content (AvgIpc) is 3.10. The van der Waals surface area contributed by atoms with Crippen LogP contribution in [0, 0.1) is 11.7 Å². The Hall–Kier alpha value is -1.18. The Labute approximate surface area is 121 Å². The lowest BCUT2D eigenvalue weighted by Crippen LogP contribution is -2.34. The first-order valence-corrected chi connectivity index (χ1v) is 7.95. The molecule has 1 unspecified atom stereocenters. The van der Waals surface area contributed by atoms with E-state index in [4.69, 9.17) is 16.7 Å². The number of amides is 1. The van der Waals surface area contributed by atoms with E-state index in [1.165, 1.54) is 0 Å². The Kier molecular flexibility index (Phi) is 4.04. The van der Waals surface area contributed by atoms with E-state index in [-0.39, 0.29) is 16.6 Å². The van der Waals surface area contributed by atoms with E-state index in [1.807, 2.05) is 6.92 Å². The molecule has 20 heavy (non-hydrogen) atoms. The molecule has 1 amide bonds. The minimum absolute atomic E-state index is 0.0402. The number of carbonyl (C=O) groups excluding carboxylic acids is 1. The Balaban J connectivity index is 2.33. The molecule has 1 saturated carbocycles. The second kappa shape index (κ2) is 5.31. The van der Waals surface area contributed by atoms with Crippen molar-refractivity contribution in [3.63, 3.8) is 0 Å². The molecule has 2 rings (SSSR count). The van der Waals surface area contributed by atoms with Crippen molar-refractivity contribution >= 4 is 27.5 Å². The van der Waals surface area contributed by atoms with E-state index in [2.05, 4.69) is 5.32 Å². The summed E-state index contributed by atoms with van der Waals surface area (Å²) in [6.45, 7) is 1.85. The molecule has 5 nitrogen and oxygen atoms in total. The van der Waals surface area contributed by atoms with Gasteiger partial charge in [-0.25, -0.2) is 17.9 Å². The molecule has 110 valence electrons. The Morgan fingerprint density at radius 3 is 2.60 bits per heavy atom. The highest BCUT2D eigenvalue weighted by Crippen LogP contribution is 2.32. The molecule has 0 bridgehead atoms. The lowest BCUT2D eigenvalue weighted by atomic mass is 10.1. The standard InChI is InChI=1S/C12H14ClFN2O3S/c1-6(7-2-3-7)16-12(17)8-4-11(20(15,18)19)10(14)5-9(8)13/h4-7H,2-3H2,1H3,(H,16,17)(H2,15,18,19). The van der Waals surface area contributed by atoms with Crippen LogP contribution in [0.4, 0.5) is 4.39 Å². The first-order chi connectivity index (χ1) is 9.20. The van der Waals surface area contributed by atoms with Gasteiger partial charge in [0.15, 0.2) is 0 Å². The summed E-state index contributed by atoms with van der Waals surface area (Å²) < 4.78 is 36.0. The van der Waals surface area contributed by atoms with Gasteiger partial charge in [-0.1, -0.05) is 11.6 Å². The second-order valence-corrected chi connectivity index (χ2v) is 6.84. The van der Waals surface area contributed by atoms with Crippen molar-refractivity contribution in [2.24, 2.45) is 11.1 Å². The molecule has 1 aliphatic carbocycles. The van der Waals surface area contributed by atoms with Crippen LogP contribution in [-0.4, -0.2) is 20.4 Å². The van der Waals surface area contributed by atoms with Gasteiger partial charge in [-0.3, -0.25) is 4.79 Å². The molecule has 0 radical (unpaired) electrons. The molecule has 0 heterocycles. The van der Waals surface area contributed by atoms with Crippen molar-refractivity contribution in [3.05, 3.63) is 28.5 Å². The molecule has 0 spiro atoms. The summed E-state index contributed by atoms with van der Waals surface area (Å²) in [5.41, 5.74) is -0.107. The van der Waals surface area contributed by atoms with Gasteiger partial charge in [-0.05, 0) is 37.8 Å². The van der Waals surface area contributed by atoms with Crippen LogP contribution in [0.1, 0.15) is 30.1 Å². The van der Waals surface area contributed by atoms with Crippen LogP contribution in [0.25, 0.3) is 0 Å². The number of hydrogen-bond donors (Lipinski definition) is 2. The van der Waals surface area contributed by atoms with Crippen LogP contribution < -0.4 is 10.5 Å². The van der Waals surface area contributed by atoms with Crippen molar-refractivity contribution in [1.29, 1.82) is 0 Å². The van der Waals surface area contributed by atoms with Gasteiger partial charge >= 0.3 is 0 Å². The highest BCUT2D eigenvalue weighted by atomic mass is 35.5. The Morgan fingerprint density at radius 2 is 2.10 bits per heavy atom. The summed E-state index contributed by atoms with van der Waals surface area (Å²) in [5, 5.41) is 7.45. The number of hydrogen-bond acceptors (Lipinski definition) is 3. The largest absolute Gasteiger partial charge is 0.349 e. The van der Waals surface area contributed by atoms with Crippen molar-refractivity contribution in [2.75, 3.05) is 0 Å². The van der Waals surface area contributed by atoms with Crippen LogP contribution >= 0.6 is 11.6 Å². The highest BCUT2D eigenvalue weighted by Gasteiger charge is 2.30. The number of benzene rings is 1. The minimum Gasteiger partial charge on any atom is -0.349 e. The van der Waals surface area contributed by atoms with Gasteiger partial charge in [0.25, 0.3) is 5.91 Å². The van der Waals surface area contributed by atoms with Gasteiger partial charge in [0.1, 0.15) is 10.7 Å². The molecule has 0 aliphatic heterocycles. The predicted octanol–water partition coefficient (Wildman–Crippen LogP) is 1.65. The lowest BCUT2D eigenvalue weighted by molar-refractivity contribution is 0.0935. The van der Waals surface area contributed by atoms with Crippen molar-refractivity contribution < 1.29 is 17.6 Å². The lowest BCUT2D eigenvalue weighted by Gasteiger charge is -2.14. The minimum atomic E-state index is -4.25. The zero-order valence-electron chi connectivity index (χ0n) is 10.7. The van der Waals surface area contributed by atoms with Crippen LogP contribution in [0.2, 0.25) is 5.02 Å². The van der Waals surface area contributed by atoms with Crippen molar-refractivity contribution in [1.82, 2.24) is 5.32 Å². The highest BCUT2D eigenvalue weighted by molar-refractivity contribution is 7.89. The molecular formula is C12H14ClFN2O3S. The third-order valence-corrected chi connectivity index (χ3v) is 4.50. The summed E-state index contributed by atoms with van der Waals surface area (Å²) >= 11 is 5.79. The summed E-state index contributed by atoms with van der Waals surface area (Å²) in [6.07, 6.45) is 2.09. The maximum Gasteiger partial charge on any atom is 0.253 e. The van der Waals surface area contributed by atoms with Crippen LogP contribution in [-0.2, 0) is 10.0 Å². The number of nitrogens with two attached hydrogens (primary N) is 1. The van der Waals surface area contributed by atoms with E-state index in [1.54, 1.807) is 0 Å². The van der Waals surface area contributed by atoms with Crippen molar-refractivity contribution in [3.8, 4) is 0 Å².